The van der Waals surface area contributed by atoms with Crippen LogP contribution < -0.4 is 0 Å². The number of carbonyl (C=O) groups is 1. The maximum atomic E-state index is 11.6. The van der Waals surface area contributed by atoms with E-state index in [1.165, 1.54) is 7.11 Å². The fourth-order valence-electron chi connectivity index (χ4n) is 1.69. The van der Waals surface area contributed by atoms with Crippen LogP contribution in [0.3, 0.4) is 0 Å². The van der Waals surface area contributed by atoms with Crippen LogP contribution in [0.25, 0.3) is 11.1 Å². The number of hydrogen-bond acceptors (Lipinski definition) is 2. The van der Waals surface area contributed by atoms with Crippen molar-refractivity contribution in [3.8, 4) is 11.1 Å². The minimum atomic E-state index is -0.382. The Morgan fingerprint density at radius 2 is 2.05 bits per heavy atom. The van der Waals surface area contributed by atoms with Gasteiger partial charge in [0.05, 0.1) is 12.7 Å². The fourth-order valence-corrected chi connectivity index (χ4v) is 3.05. The van der Waals surface area contributed by atoms with Gasteiger partial charge in [0.25, 0.3) is 0 Å². The molecule has 0 aromatic heterocycles. The second-order valence-corrected chi connectivity index (χ2v) is 6.30. The molecular weight excluding hydrogens is 442 g/mol. The number of benzene rings is 2. The zero-order chi connectivity index (χ0) is 14.0. The van der Waals surface area contributed by atoms with E-state index >= 15 is 0 Å². The summed E-state index contributed by atoms with van der Waals surface area (Å²) < 4.78 is 6.52. The number of halogens is 3. The first-order valence-electron chi connectivity index (χ1n) is 5.36. The zero-order valence-corrected chi connectivity index (χ0v) is 14.4. The molecule has 0 spiro atoms. The molecule has 2 nitrogen and oxygen atoms in total. The average Bonchev–Trinajstić information content (AvgIpc) is 2.40. The molecule has 0 bridgehead atoms. The number of hydrogen-bond donors (Lipinski definition) is 0. The zero-order valence-electron chi connectivity index (χ0n) is 9.91. The predicted octanol–water partition coefficient (Wildman–Crippen LogP) is 5.16. The molecule has 5 heteroatoms. The molecule has 0 aliphatic carbocycles. The lowest BCUT2D eigenvalue weighted by Gasteiger charge is -2.09. The summed E-state index contributed by atoms with van der Waals surface area (Å²) in [7, 11) is 1.36. The molecule has 0 atom stereocenters. The van der Waals surface area contributed by atoms with E-state index in [2.05, 4.69) is 38.5 Å². The number of esters is 1. The third-order valence-electron chi connectivity index (χ3n) is 2.60. The van der Waals surface area contributed by atoms with Crippen molar-refractivity contribution in [3.05, 3.63) is 55.0 Å². The summed E-state index contributed by atoms with van der Waals surface area (Å²) in [5.74, 6) is -0.382. The van der Waals surface area contributed by atoms with E-state index in [0.29, 0.717) is 10.6 Å². The van der Waals surface area contributed by atoms with Crippen molar-refractivity contribution in [1.29, 1.82) is 0 Å². The lowest BCUT2D eigenvalue weighted by Crippen LogP contribution is -2.04. The van der Waals surface area contributed by atoms with Crippen LogP contribution >= 0.6 is 50.1 Å². The highest BCUT2D eigenvalue weighted by atomic mass is 127. The van der Waals surface area contributed by atoms with Crippen LogP contribution in [-0.2, 0) is 4.74 Å². The Labute approximate surface area is 138 Å². The predicted molar refractivity (Wildman–Crippen MR) is 88.6 cm³/mol. The van der Waals surface area contributed by atoms with E-state index in [1.54, 1.807) is 6.07 Å². The smallest absolute Gasteiger partial charge is 0.338 e. The normalized spacial score (nSPS) is 10.3. The molecule has 0 amide bonds. The maximum absolute atomic E-state index is 11.6. The minimum absolute atomic E-state index is 0.382. The Bertz CT molecular complexity index is 643. The third-order valence-corrected chi connectivity index (χ3v) is 4.30. The Balaban J connectivity index is 2.55. The Hall–Kier alpha value is -0.590. The third kappa shape index (κ3) is 3.30. The molecule has 2 rings (SSSR count). The molecule has 19 heavy (non-hydrogen) atoms. The molecule has 2 aromatic rings. The molecule has 0 radical (unpaired) electrons. The number of ether oxygens (including phenoxy) is 1. The molecule has 0 aliphatic heterocycles. The van der Waals surface area contributed by atoms with Crippen molar-refractivity contribution >= 4 is 56.1 Å². The summed E-state index contributed by atoms with van der Waals surface area (Å²) in [6.45, 7) is 0. The lowest BCUT2D eigenvalue weighted by molar-refractivity contribution is 0.0599. The van der Waals surface area contributed by atoms with Crippen LogP contribution in [0.1, 0.15) is 10.4 Å². The van der Waals surface area contributed by atoms with Crippen molar-refractivity contribution in [1.82, 2.24) is 0 Å². The Kier molecular flexibility index (Phi) is 4.86. The topological polar surface area (TPSA) is 26.3 Å². The second kappa shape index (κ2) is 6.24. The van der Waals surface area contributed by atoms with Crippen molar-refractivity contribution in [2.45, 2.75) is 0 Å². The second-order valence-electron chi connectivity index (χ2n) is 3.81. The van der Waals surface area contributed by atoms with Crippen LogP contribution in [0.15, 0.2) is 40.9 Å². The lowest BCUT2D eigenvalue weighted by atomic mass is 10.0. The van der Waals surface area contributed by atoms with Crippen LogP contribution in [-0.4, -0.2) is 13.1 Å². The summed E-state index contributed by atoms with van der Waals surface area (Å²) in [4.78, 5) is 11.6. The average molecular weight is 451 g/mol. The first-order chi connectivity index (χ1) is 9.02. The molecule has 0 fully saturated rings. The van der Waals surface area contributed by atoms with Gasteiger partial charge in [-0.25, -0.2) is 4.79 Å². The van der Waals surface area contributed by atoms with E-state index in [9.17, 15) is 4.79 Å². The van der Waals surface area contributed by atoms with Gasteiger partial charge in [-0.15, -0.1) is 0 Å². The van der Waals surface area contributed by atoms with Crippen molar-refractivity contribution < 1.29 is 9.53 Å². The largest absolute Gasteiger partial charge is 0.465 e. The van der Waals surface area contributed by atoms with Crippen LogP contribution in [0.4, 0.5) is 0 Å². The van der Waals surface area contributed by atoms with Gasteiger partial charge in [-0.1, -0.05) is 39.7 Å². The molecular formula is C14H9BrClIO2. The minimum Gasteiger partial charge on any atom is -0.465 e. The maximum Gasteiger partial charge on any atom is 0.338 e. The molecule has 2 aromatic carbocycles. The van der Waals surface area contributed by atoms with E-state index in [0.717, 1.165) is 19.2 Å². The quantitative estimate of drug-likeness (QED) is 0.466. The van der Waals surface area contributed by atoms with Crippen molar-refractivity contribution in [2.24, 2.45) is 0 Å². The Morgan fingerprint density at radius 1 is 1.32 bits per heavy atom. The van der Waals surface area contributed by atoms with E-state index < -0.39 is 0 Å². The van der Waals surface area contributed by atoms with Crippen LogP contribution in [0.2, 0.25) is 5.02 Å². The van der Waals surface area contributed by atoms with E-state index in [-0.39, 0.29) is 5.97 Å². The summed E-state index contributed by atoms with van der Waals surface area (Å²) in [6, 6.07) is 11.4. The van der Waals surface area contributed by atoms with Gasteiger partial charge in [0.2, 0.25) is 0 Å². The molecule has 0 N–H and O–H groups in total. The van der Waals surface area contributed by atoms with Gasteiger partial charge >= 0.3 is 5.97 Å². The van der Waals surface area contributed by atoms with Gasteiger partial charge in [0, 0.05) is 18.6 Å². The van der Waals surface area contributed by atoms with Gasteiger partial charge in [0.15, 0.2) is 0 Å². The monoisotopic (exact) mass is 450 g/mol. The van der Waals surface area contributed by atoms with Crippen LogP contribution in [0, 0.1) is 3.57 Å². The fraction of sp³-hybridized carbons (Fsp3) is 0.0714. The number of carbonyl (C=O) groups excluding carboxylic acids is 1. The van der Waals surface area contributed by atoms with Crippen molar-refractivity contribution in [2.75, 3.05) is 7.11 Å². The summed E-state index contributed by atoms with van der Waals surface area (Å²) in [6.07, 6.45) is 0. The highest BCUT2D eigenvalue weighted by Crippen LogP contribution is 2.33. The molecule has 0 saturated heterocycles. The molecule has 0 aliphatic rings. The summed E-state index contributed by atoms with van der Waals surface area (Å²) >= 11 is 11.8. The van der Waals surface area contributed by atoms with Gasteiger partial charge in [-0.2, -0.15) is 0 Å². The highest BCUT2D eigenvalue weighted by Gasteiger charge is 2.14. The van der Waals surface area contributed by atoms with Gasteiger partial charge in [0.1, 0.15) is 0 Å². The van der Waals surface area contributed by atoms with E-state index in [4.69, 9.17) is 16.3 Å². The van der Waals surface area contributed by atoms with Crippen LogP contribution in [0.5, 0.6) is 0 Å². The van der Waals surface area contributed by atoms with Crippen molar-refractivity contribution in [3.63, 3.8) is 0 Å². The summed E-state index contributed by atoms with van der Waals surface area (Å²) in [5, 5.41) is 0.527. The van der Waals surface area contributed by atoms with E-state index in [1.807, 2.05) is 30.3 Å². The Morgan fingerprint density at radius 3 is 2.68 bits per heavy atom. The first kappa shape index (κ1) is 14.8. The molecule has 0 heterocycles. The number of methoxy groups -OCH3 is 1. The first-order valence-corrected chi connectivity index (χ1v) is 7.61. The molecule has 98 valence electrons. The number of rotatable bonds is 2. The molecule has 0 saturated carbocycles. The van der Waals surface area contributed by atoms with Gasteiger partial charge < -0.3 is 4.74 Å². The SMILES string of the molecule is COC(=O)c1cc(Cl)c(-c2cccc(Br)c2)cc1I. The van der Waals surface area contributed by atoms with Gasteiger partial charge in [-0.3, -0.25) is 0 Å². The summed E-state index contributed by atoms with van der Waals surface area (Å²) in [5.41, 5.74) is 2.36. The molecule has 0 unspecified atom stereocenters. The van der Waals surface area contributed by atoms with Gasteiger partial charge in [-0.05, 0) is 52.4 Å². The highest BCUT2D eigenvalue weighted by molar-refractivity contribution is 14.1. The standard InChI is InChI=1S/C14H9BrClIO2/c1-19-14(18)11-6-12(16)10(7-13(11)17)8-3-2-4-9(15)5-8/h2-7H,1H3.